The Kier molecular flexibility index (Phi) is 4.14. The van der Waals surface area contributed by atoms with Gasteiger partial charge in [0.2, 0.25) is 0 Å². The predicted octanol–water partition coefficient (Wildman–Crippen LogP) is 2.72. The Bertz CT molecular complexity index is 490. The molecular formula is C12H15BrFN3O2. The Hall–Kier alpha value is -1.50. The number of carbonyl (C=O) groups is 1. The minimum Gasteiger partial charge on any atom is -0.465 e. The van der Waals surface area contributed by atoms with E-state index in [-0.39, 0.29) is 11.7 Å². The molecule has 1 heterocycles. The molecular weight excluding hydrogens is 317 g/mol. The maximum absolute atomic E-state index is 13.5. The molecule has 0 bridgehead atoms. The van der Waals surface area contributed by atoms with E-state index in [0.717, 1.165) is 0 Å². The minimum absolute atomic E-state index is 0.0869. The fraction of sp³-hybridized carbons (Fsp3) is 0.417. The molecule has 1 aliphatic heterocycles. The van der Waals surface area contributed by atoms with Crippen molar-refractivity contribution in [3.8, 4) is 0 Å². The van der Waals surface area contributed by atoms with Crippen molar-refractivity contribution in [2.75, 3.05) is 24.1 Å². The summed E-state index contributed by atoms with van der Waals surface area (Å²) in [5.74, 6) is -0.472. The summed E-state index contributed by atoms with van der Waals surface area (Å²) >= 11 is 3.22. The zero-order valence-electron chi connectivity index (χ0n) is 10.2. The van der Waals surface area contributed by atoms with Crippen molar-refractivity contribution in [1.82, 2.24) is 4.90 Å². The zero-order chi connectivity index (χ0) is 14.0. The SMILES string of the molecule is Nc1c(F)cc(Br)cc1NC1CCN(C(=O)O)CC1. The third kappa shape index (κ3) is 3.28. The lowest BCUT2D eigenvalue weighted by atomic mass is 10.0. The maximum Gasteiger partial charge on any atom is 0.407 e. The second-order valence-electron chi connectivity index (χ2n) is 4.54. The van der Waals surface area contributed by atoms with Crippen LogP contribution in [0.15, 0.2) is 16.6 Å². The number of benzene rings is 1. The molecule has 0 atom stereocenters. The van der Waals surface area contributed by atoms with E-state index in [1.807, 2.05) is 0 Å². The second-order valence-corrected chi connectivity index (χ2v) is 5.45. The summed E-state index contributed by atoms with van der Waals surface area (Å²) in [5.41, 5.74) is 6.31. The number of hydrogen-bond donors (Lipinski definition) is 3. The Balaban J connectivity index is 2.01. The lowest BCUT2D eigenvalue weighted by Crippen LogP contribution is -2.41. The van der Waals surface area contributed by atoms with Crippen LogP contribution in [-0.4, -0.2) is 35.2 Å². The number of piperidine rings is 1. The third-order valence-electron chi connectivity index (χ3n) is 3.22. The van der Waals surface area contributed by atoms with Crippen molar-refractivity contribution in [3.63, 3.8) is 0 Å². The number of rotatable bonds is 2. The summed E-state index contributed by atoms with van der Waals surface area (Å²) < 4.78 is 14.1. The Morgan fingerprint density at radius 3 is 2.68 bits per heavy atom. The number of anilines is 2. The Labute approximate surface area is 118 Å². The summed E-state index contributed by atoms with van der Waals surface area (Å²) in [6.07, 6.45) is 0.464. The molecule has 0 aliphatic carbocycles. The average Bonchev–Trinajstić information content (AvgIpc) is 2.36. The van der Waals surface area contributed by atoms with Gasteiger partial charge in [-0.3, -0.25) is 0 Å². The largest absolute Gasteiger partial charge is 0.465 e. The second kappa shape index (κ2) is 5.64. The van der Waals surface area contributed by atoms with E-state index in [1.165, 1.54) is 11.0 Å². The topological polar surface area (TPSA) is 78.6 Å². The molecule has 104 valence electrons. The summed E-state index contributed by atoms with van der Waals surface area (Å²) in [4.78, 5) is 12.2. The number of hydrogen-bond acceptors (Lipinski definition) is 3. The maximum atomic E-state index is 13.5. The molecule has 0 saturated carbocycles. The molecule has 1 saturated heterocycles. The molecule has 0 unspecified atom stereocenters. The number of halogens is 2. The van der Waals surface area contributed by atoms with Gasteiger partial charge in [0.05, 0.1) is 11.4 Å². The Morgan fingerprint density at radius 2 is 2.11 bits per heavy atom. The highest BCUT2D eigenvalue weighted by Crippen LogP contribution is 2.28. The summed E-state index contributed by atoms with van der Waals surface area (Å²) in [6, 6.07) is 3.14. The number of nitrogens with two attached hydrogens (primary N) is 1. The molecule has 5 nitrogen and oxygen atoms in total. The van der Waals surface area contributed by atoms with Gasteiger partial charge in [-0.15, -0.1) is 0 Å². The van der Waals surface area contributed by atoms with Crippen molar-refractivity contribution in [2.24, 2.45) is 0 Å². The first-order valence-corrected chi connectivity index (χ1v) is 6.75. The molecule has 7 heteroatoms. The summed E-state index contributed by atoms with van der Waals surface area (Å²) in [6.45, 7) is 0.951. The van der Waals surface area contributed by atoms with Crippen LogP contribution >= 0.6 is 15.9 Å². The monoisotopic (exact) mass is 331 g/mol. The van der Waals surface area contributed by atoms with E-state index in [1.54, 1.807) is 6.07 Å². The molecule has 1 aromatic rings. The van der Waals surface area contributed by atoms with Crippen molar-refractivity contribution in [3.05, 3.63) is 22.4 Å². The van der Waals surface area contributed by atoms with Gasteiger partial charge in [-0.2, -0.15) is 0 Å². The lowest BCUT2D eigenvalue weighted by molar-refractivity contribution is 0.134. The summed E-state index contributed by atoms with van der Waals surface area (Å²) in [5, 5.41) is 12.0. The zero-order valence-corrected chi connectivity index (χ0v) is 11.8. The highest BCUT2D eigenvalue weighted by Gasteiger charge is 2.22. The fourth-order valence-corrected chi connectivity index (χ4v) is 2.57. The van der Waals surface area contributed by atoms with Crippen LogP contribution in [-0.2, 0) is 0 Å². The van der Waals surface area contributed by atoms with Gasteiger partial charge >= 0.3 is 6.09 Å². The normalized spacial score (nSPS) is 16.4. The molecule has 2 rings (SSSR count). The number of nitrogens with one attached hydrogen (secondary N) is 1. The molecule has 1 amide bonds. The number of amides is 1. The smallest absolute Gasteiger partial charge is 0.407 e. The number of nitrogens with zero attached hydrogens (tertiary/aromatic N) is 1. The van der Waals surface area contributed by atoms with Gasteiger partial charge < -0.3 is 21.1 Å². The van der Waals surface area contributed by atoms with E-state index in [2.05, 4.69) is 21.2 Å². The first-order chi connectivity index (χ1) is 8.97. The molecule has 1 aliphatic rings. The van der Waals surface area contributed by atoms with Gasteiger partial charge in [-0.05, 0) is 25.0 Å². The first-order valence-electron chi connectivity index (χ1n) is 5.96. The molecule has 0 spiro atoms. The van der Waals surface area contributed by atoms with Crippen LogP contribution in [0.25, 0.3) is 0 Å². The van der Waals surface area contributed by atoms with E-state index in [9.17, 15) is 9.18 Å². The fourth-order valence-electron chi connectivity index (χ4n) is 2.14. The number of likely N-dealkylation sites (tertiary alicyclic amines) is 1. The minimum atomic E-state index is -0.897. The van der Waals surface area contributed by atoms with Crippen molar-refractivity contribution >= 4 is 33.4 Å². The number of carboxylic acid groups (broad SMARTS) is 1. The third-order valence-corrected chi connectivity index (χ3v) is 3.68. The Morgan fingerprint density at radius 1 is 1.47 bits per heavy atom. The van der Waals surface area contributed by atoms with Gasteiger partial charge in [0, 0.05) is 23.6 Å². The molecule has 1 fully saturated rings. The van der Waals surface area contributed by atoms with Crippen LogP contribution < -0.4 is 11.1 Å². The quantitative estimate of drug-likeness (QED) is 0.728. The van der Waals surface area contributed by atoms with Crippen LogP contribution in [0.3, 0.4) is 0 Å². The van der Waals surface area contributed by atoms with Gasteiger partial charge in [0.1, 0.15) is 5.82 Å². The lowest BCUT2D eigenvalue weighted by Gasteiger charge is -2.31. The molecule has 19 heavy (non-hydrogen) atoms. The van der Waals surface area contributed by atoms with Crippen LogP contribution in [0.4, 0.5) is 20.6 Å². The summed E-state index contributed by atoms with van der Waals surface area (Å²) in [7, 11) is 0. The van der Waals surface area contributed by atoms with Crippen molar-refractivity contribution < 1.29 is 14.3 Å². The van der Waals surface area contributed by atoms with Crippen LogP contribution in [0.5, 0.6) is 0 Å². The van der Waals surface area contributed by atoms with Crippen LogP contribution in [0, 0.1) is 5.82 Å². The molecule has 0 aromatic heterocycles. The van der Waals surface area contributed by atoms with Crippen molar-refractivity contribution in [2.45, 2.75) is 18.9 Å². The van der Waals surface area contributed by atoms with Crippen LogP contribution in [0.2, 0.25) is 0 Å². The standard InChI is InChI=1S/C12H15BrFN3O2/c13-7-5-9(14)11(15)10(6-7)16-8-1-3-17(4-2-8)12(18)19/h5-6,8,16H,1-4,15H2,(H,18,19). The van der Waals surface area contributed by atoms with E-state index < -0.39 is 11.9 Å². The van der Waals surface area contributed by atoms with Gasteiger partial charge in [0.25, 0.3) is 0 Å². The molecule has 1 aromatic carbocycles. The van der Waals surface area contributed by atoms with Crippen LogP contribution in [0.1, 0.15) is 12.8 Å². The van der Waals surface area contributed by atoms with Gasteiger partial charge in [-0.1, -0.05) is 15.9 Å². The first kappa shape index (κ1) is 13.9. The van der Waals surface area contributed by atoms with E-state index in [0.29, 0.717) is 36.1 Å². The average molecular weight is 332 g/mol. The highest BCUT2D eigenvalue weighted by atomic mass is 79.9. The molecule has 4 N–H and O–H groups in total. The molecule has 0 radical (unpaired) electrons. The van der Waals surface area contributed by atoms with Gasteiger partial charge in [-0.25, -0.2) is 9.18 Å². The van der Waals surface area contributed by atoms with E-state index in [4.69, 9.17) is 10.8 Å². The highest BCUT2D eigenvalue weighted by molar-refractivity contribution is 9.10. The van der Waals surface area contributed by atoms with Crippen molar-refractivity contribution in [1.29, 1.82) is 0 Å². The van der Waals surface area contributed by atoms with E-state index >= 15 is 0 Å². The van der Waals surface area contributed by atoms with Gasteiger partial charge in [0.15, 0.2) is 0 Å². The number of nitrogen functional groups attached to an aromatic ring is 1. The predicted molar refractivity (Wildman–Crippen MR) is 74.8 cm³/mol.